The topological polar surface area (TPSA) is 33.1 Å². The molecule has 1 aromatic heterocycles. The number of hydrogen-bond donors (Lipinski definition) is 1. The lowest BCUT2D eigenvalue weighted by Gasteiger charge is -2.36. The summed E-state index contributed by atoms with van der Waals surface area (Å²) in [7, 11) is 2.21. The molecule has 0 saturated carbocycles. The number of anilines is 1. The summed E-state index contributed by atoms with van der Waals surface area (Å²) in [6.45, 7) is 3.45. The number of rotatable bonds is 3. The van der Waals surface area contributed by atoms with E-state index < -0.39 is 0 Å². The van der Waals surface area contributed by atoms with Crippen LogP contribution in [-0.2, 0) is 0 Å². The van der Waals surface area contributed by atoms with Crippen molar-refractivity contribution in [3.63, 3.8) is 0 Å². The van der Waals surface area contributed by atoms with E-state index in [2.05, 4.69) is 53.6 Å². The first-order chi connectivity index (χ1) is 9.74. The Labute approximate surface area is 120 Å². The SMILES string of the molecule is CC1CC(Nc2ccccc2-n2cccn2)CCN1C. The Hall–Kier alpha value is -1.81. The van der Waals surface area contributed by atoms with E-state index >= 15 is 0 Å². The molecule has 1 aliphatic heterocycles. The fourth-order valence-corrected chi connectivity index (χ4v) is 2.85. The molecule has 0 bridgehead atoms. The Morgan fingerprint density at radius 3 is 2.85 bits per heavy atom. The molecule has 2 aromatic rings. The van der Waals surface area contributed by atoms with E-state index in [1.807, 2.05) is 23.1 Å². The number of aromatic nitrogens is 2. The molecule has 106 valence electrons. The van der Waals surface area contributed by atoms with Crippen LogP contribution in [0, 0.1) is 0 Å². The minimum absolute atomic E-state index is 0.540. The third-order valence-corrected chi connectivity index (χ3v) is 4.22. The van der Waals surface area contributed by atoms with Crippen molar-refractivity contribution in [1.29, 1.82) is 0 Å². The normalized spacial score (nSPS) is 23.7. The van der Waals surface area contributed by atoms with Gasteiger partial charge >= 0.3 is 0 Å². The van der Waals surface area contributed by atoms with Gasteiger partial charge in [0.05, 0.1) is 11.4 Å². The number of nitrogens with one attached hydrogen (secondary N) is 1. The molecule has 4 heteroatoms. The van der Waals surface area contributed by atoms with Crippen LogP contribution in [0.5, 0.6) is 0 Å². The summed E-state index contributed by atoms with van der Waals surface area (Å²) in [6, 6.07) is 11.5. The van der Waals surface area contributed by atoms with Gasteiger partial charge in [0.1, 0.15) is 0 Å². The first kappa shape index (κ1) is 13.2. The molecule has 1 aromatic carbocycles. The predicted molar refractivity (Wildman–Crippen MR) is 82.3 cm³/mol. The highest BCUT2D eigenvalue weighted by atomic mass is 15.3. The largest absolute Gasteiger partial charge is 0.380 e. The Kier molecular flexibility index (Phi) is 3.74. The zero-order valence-corrected chi connectivity index (χ0v) is 12.2. The van der Waals surface area contributed by atoms with Crippen molar-refractivity contribution in [1.82, 2.24) is 14.7 Å². The first-order valence-corrected chi connectivity index (χ1v) is 7.30. The first-order valence-electron chi connectivity index (χ1n) is 7.30. The van der Waals surface area contributed by atoms with Gasteiger partial charge < -0.3 is 10.2 Å². The van der Waals surface area contributed by atoms with E-state index in [0.29, 0.717) is 12.1 Å². The van der Waals surface area contributed by atoms with Crippen molar-refractivity contribution in [2.24, 2.45) is 0 Å². The molecule has 3 rings (SSSR count). The van der Waals surface area contributed by atoms with E-state index in [4.69, 9.17) is 0 Å². The summed E-state index contributed by atoms with van der Waals surface area (Å²) >= 11 is 0. The number of nitrogens with zero attached hydrogens (tertiary/aromatic N) is 3. The van der Waals surface area contributed by atoms with Gasteiger partial charge in [-0.25, -0.2) is 4.68 Å². The van der Waals surface area contributed by atoms with Crippen LogP contribution >= 0.6 is 0 Å². The monoisotopic (exact) mass is 270 g/mol. The van der Waals surface area contributed by atoms with Crippen LogP contribution in [0.2, 0.25) is 0 Å². The lowest BCUT2D eigenvalue weighted by molar-refractivity contribution is 0.190. The van der Waals surface area contributed by atoms with Crippen molar-refractivity contribution < 1.29 is 0 Å². The molecule has 2 atom stereocenters. The maximum absolute atomic E-state index is 4.34. The molecular weight excluding hydrogens is 248 g/mol. The van der Waals surface area contributed by atoms with Gasteiger partial charge in [-0.3, -0.25) is 0 Å². The number of likely N-dealkylation sites (tertiary alicyclic amines) is 1. The number of hydrogen-bond acceptors (Lipinski definition) is 3. The molecule has 0 amide bonds. The second-order valence-electron chi connectivity index (χ2n) is 5.66. The Bertz CT molecular complexity index is 549. The van der Waals surface area contributed by atoms with Crippen LogP contribution in [0.15, 0.2) is 42.7 Å². The van der Waals surface area contributed by atoms with Gasteiger partial charge in [0.25, 0.3) is 0 Å². The van der Waals surface area contributed by atoms with Gasteiger partial charge in [-0.2, -0.15) is 5.10 Å². The molecule has 1 saturated heterocycles. The van der Waals surface area contributed by atoms with Crippen molar-refractivity contribution >= 4 is 5.69 Å². The molecule has 2 heterocycles. The summed E-state index contributed by atoms with van der Waals surface area (Å²) in [4.78, 5) is 2.43. The molecule has 2 unspecified atom stereocenters. The molecule has 0 aliphatic carbocycles. The van der Waals surface area contributed by atoms with Gasteiger partial charge in [-0.1, -0.05) is 12.1 Å². The zero-order valence-electron chi connectivity index (χ0n) is 12.2. The van der Waals surface area contributed by atoms with Gasteiger partial charge in [-0.05, 0) is 45.0 Å². The highest BCUT2D eigenvalue weighted by Crippen LogP contribution is 2.24. The fraction of sp³-hybridized carbons (Fsp3) is 0.438. The summed E-state index contributed by atoms with van der Waals surface area (Å²) < 4.78 is 1.92. The van der Waals surface area contributed by atoms with Crippen LogP contribution in [0.1, 0.15) is 19.8 Å². The smallest absolute Gasteiger partial charge is 0.0876 e. The van der Waals surface area contributed by atoms with Crippen LogP contribution < -0.4 is 5.32 Å². The molecule has 1 N–H and O–H groups in total. The minimum Gasteiger partial charge on any atom is -0.380 e. The van der Waals surface area contributed by atoms with Crippen LogP contribution in [0.4, 0.5) is 5.69 Å². The molecule has 20 heavy (non-hydrogen) atoms. The van der Waals surface area contributed by atoms with E-state index in [9.17, 15) is 0 Å². The van der Waals surface area contributed by atoms with E-state index in [-0.39, 0.29) is 0 Å². The lowest BCUT2D eigenvalue weighted by Crippen LogP contribution is -2.42. The third kappa shape index (κ3) is 2.70. The summed E-state index contributed by atoms with van der Waals surface area (Å²) in [6.07, 6.45) is 6.17. The van der Waals surface area contributed by atoms with Gasteiger partial charge in [0.15, 0.2) is 0 Å². The second-order valence-corrected chi connectivity index (χ2v) is 5.66. The van der Waals surface area contributed by atoms with Crippen molar-refractivity contribution in [3.8, 4) is 5.69 Å². The summed E-state index contributed by atoms with van der Waals surface area (Å²) in [5, 5.41) is 8.04. The second kappa shape index (κ2) is 5.67. The van der Waals surface area contributed by atoms with Crippen LogP contribution in [-0.4, -0.2) is 40.4 Å². The average Bonchev–Trinajstić information content (AvgIpc) is 2.97. The van der Waals surface area contributed by atoms with E-state index in [0.717, 1.165) is 17.9 Å². The Balaban J connectivity index is 1.78. The van der Waals surface area contributed by atoms with Crippen LogP contribution in [0.25, 0.3) is 5.69 Å². The Morgan fingerprint density at radius 2 is 2.10 bits per heavy atom. The van der Waals surface area contributed by atoms with Gasteiger partial charge in [0.2, 0.25) is 0 Å². The average molecular weight is 270 g/mol. The summed E-state index contributed by atoms with van der Waals surface area (Å²) in [5.41, 5.74) is 2.28. The van der Waals surface area contributed by atoms with E-state index in [1.54, 1.807) is 0 Å². The fourth-order valence-electron chi connectivity index (χ4n) is 2.85. The van der Waals surface area contributed by atoms with Crippen molar-refractivity contribution in [2.75, 3.05) is 18.9 Å². The molecule has 1 aliphatic rings. The van der Waals surface area contributed by atoms with Crippen molar-refractivity contribution in [2.45, 2.75) is 31.8 Å². The highest BCUT2D eigenvalue weighted by Gasteiger charge is 2.23. The van der Waals surface area contributed by atoms with Crippen LogP contribution in [0.3, 0.4) is 0 Å². The predicted octanol–water partition coefficient (Wildman–Crippen LogP) is 2.77. The van der Waals surface area contributed by atoms with Crippen molar-refractivity contribution in [3.05, 3.63) is 42.7 Å². The maximum Gasteiger partial charge on any atom is 0.0876 e. The van der Waals surface area contributed by atoms with Gasteiger partial charge in [-0.15, -0.1) is 0 Å². The number of para-hydroxylation sites is 2. The lowest BCUT2D eigenvalue weighted by atomic mass is 9.98. The number of benzene rings is 1. The third-order valence-electron chi connectivity index (χ3n) is 4.22. The minimum atomic E-state index is 0.540. The van der Waals surface area contributed by atoms with Gasteiger partial charge in [0, 0.05) is 31.0 Å². The van der Waals surface area contributed by atoms with E-state index in [1.165, 1.54) is 12.8 Å². The molecular formula is C16H22N4. The number of piperidine rings is 1. The molecule has 4 nitrogen and oxygen atoms in total. The molecule has 0 radical (unpaired) electrons. The molecule has 0 spiro atoms. The maximum atomic E-state index is 4.34. The highest BCUT2D eigenvalue weighted by molar-refractivity contribution is 5.61. The standard InChI is InChI=1S/C16H22N4/c1-13-12-14(8-11-19(13)2)18-15-6-3-4-7-16(15)20-10-5-9-17-20/h3-7,9-10,13-14,18H,8,11-12H2,1-2H3. The summed E-state index contributed by atoms with van der Waals surface area (Å²) in [5.74, 6) is 0. The Morgan fingerprint density at radius 1 is 1.25 bits per heavy atom. The quantitative estimate of drug-likeness (QED) is 0.931. The zero-order chi connectivity index (χ0) is 13.9. The molecule has 1 fully saturated rings.